The van der Waals surface area contributed by atoms with E-state index in [1.165, 1.54) is 19.3 Å². The number of ether oxygens (including phenoxy) is 1. The predicted octanol–water partition coefficient (Wildman–Crippen LogP) is 1.15. The van der Waals surface area contributed by atoms with Crippen LogP contribution in [0.2, 0.25) is 0 Å². The zero-order valence-corrected chi connectivity index (χ0v) is 11.3. The lowest BCUT2D eigenvalue weighted by Gasteiger charge is -2.34. The van der Waals surface area contributed by atoms with E-state index >= 15 is 0 Å². The first-order valence-corrected chi connectivity index (χ1v) is 6.65. The van der Waals surface area contributed by atoms with Crippen molar-refractivity contribution in [3.8, 4) is 5.75 Å². The summed E-state index contributed by atoms with van der Waals surface area (Å²) in [7, 11) is 2.13. The van der Waals surface area contributed by atoms with Crippen molar-refractivity contribution in [1.29, 1.82) is 0 Å². The molecule has 1 aromatic carbocycles. The molecule has 5 nitrogen and oxygen atoms in total. The average molecular weight is 263 g/mol. The highest BCUT2D eigenvalue weighted by atomic mass is 16.5. The van der Waals surface area contributed by atoms with E-state index in [0.717, 1.165) is 12.6 Å². The molecule has 1 saturated carbocycles. The minimum atomic E-state index is -0.308. The lowest BCUT2D eigenvalue weighted by Crippen LogP contribution is -2.39. The number of amides is 1. The van der Waals surface area contributed by atoms with Crippen LogP contribution in [0.3, 0.4) is 0 Å². The highest BCUT2D eigenvalue weighted by Gasteiger charge is 2.21. The van der Waals surface area contributed by atoms with Gasteiger partial charge < -0.3 is 9.64 Å². The highest BCUT2D eigenvalue weighted by molar-refractivity contribution is 5.94. The Morgan fingerprint density at radius 2 is 2.32 bits per heavy atom. The van der Waals surface area contributed by atoms with Gasteiger partial charge in [-0.1, -0.05) is 12.5 Å². The van der Waals surface area contributed by atoms with Crippen molar-refractivity contribution in [2.75, 3.05) is 20.2 Å². The molecule has 0 bridgehead atoms. The Morgan fingerprint density at radius 1 is 1.53 bits per heavy atom. The number of nitrogens with one attached hydrogen (secondary N) is 1. The second-order valence-corrected chi connectivity index (χ2v) is 4.92. The molecule has 1 aliphatic carbocycles. The Bertz CT molecular complexity index is 432. The largest absolute Gasteiger partial charge is 0.492 e. The summed E-state index contributed by atoms with van der Waals surface area (Å²) >= 11 is 0. The third-order valence-corrected chi connectivity index (χ3v) is 3.64. The fraction of sp³-hybridized carbons (Fsp3) is 0.500. The Labute approximate surface area is 113 Å². The van der Waals surface area contributed by atoms with E-state index in [1.807, 2.05) is 6.07 Å². The summed E-state index contributed by atoms with van der Waals surface area (Å²) in [6, 6.07) is 7.76. The van der Waals surface area contributed by atoms with E-state index in [1.54, 1.807) is 18.2 Å². The number of carbonyl (C=O) groups excluding carboxylic acids is 1. The van der Waals surface area contributed by atoms with Crippen molar-refractivity contribution in [2.24, 2.45) is 5.84 Å². The summed E-state index contributed by atoms with van der Waals surface area (Å²) < 4.78 is 5.67. The summed E-state index contributed by atoms with van der Waals surface area (Å²) in [5.41, 5.74) is 2.62. The molecule has 0 spiro atoms. The second-order valence-electron chi connectivity index (χ2n) is 4.92. The molecule has 0 aliphatic heterocycles. The first-order valence-electron chi connectivity index (χ1n) is 6.65. The number of benzene rings is 1. The molecule has 1 aliphatic rings. The zero-order valence-electron chi connectivity index (χ0n) is 11.3. The Morgan fingerprint density at radius 3 is 2.95 bits per heavy atom. The molecule has 0 unspecified atom stereocenters. The number of nitrogen functional groups attached to an aromatic ring is 1. The van der Waals surface area contributed by atoms with E-state index in [2.05, 4.69) is 17.4 Å². The first kappa shape index (κ1) is 13.8. The topological polar surface area (TPSA) is 67.6 Å². The summed E-state index contributed by atoms with van der Waals surface area (Å²) in [6.45, 7) is 1.53. The Kier molecular flexibility index (Phi) is 4.76. The molecule has 0 aromatic heterocycles. The Hall–Kier alpha value is -1.59. The van der Waals surface area contributed by atoms with Gasteiger partial charge >= 0.3 is 0 Å². The molecule has 0 radical (unpaired) electrons. The quantitative estimate of drug-likeness (QED) is 0.459. The molecule has 104 valence electrons. The summed E-state index contributed by atoms with van der Waals surface area (Å²) in [6.07, 6.45) is 3.93. The molecule has 5 heteroatoms. The van der Waals surface area contributed by atoms with Crippen LogP contribution in [-0.4, -0.2) is 37.0 Å². The van der Waals surface area contributed by atoms with Crippen molar-refractivity contribution in [2.45, 2.75) is 25.3 Å². The normalized spacial score (nSPS) is 15.1. The van der Waals surface area contributed by atoms with Crippen LogP contribution in [0, 0.1) is 0 Å². The number of hydrogen-bond donors (Lipinski definition) is 2. The van der Waals surface area contributed by atoms with Crippen LogP contribution in [0.4, 0.5) is 0 Å². The van der Waals surface area contributed by atoms with Crippen molar-refractivity contribution in [3.63, 3.8) is 0 Å². The molecule has 3 N–H and O–H groups in total. The van der Waals surface area contributed by atoms with Gasteiger partial charge in [0.2, 0.25) is 0 Å². The monoisotopic (exact) mass is 263 g/mol. The van der Waals surface area contributed by atoms with Crippen molar-refractivity contribution in [1.82, 2.24) is 10.3 Å². The van der Waals surface area contributed by atoms with Crippen LogP contribution >= 0.6 is 0 Å². The molecule has 0 saturated heterocycles. The van der Waals surface area contributed by atoms with Crippen LogP contribution in [0.5, 0.6) is 5.75 Å². The van der Waals surface area contributed by atoms with E-state index in [0.29, 0.717) is 17.9 Å². The van der Waals surface area contributed by atoms with Gasteiger partial charge in [0.15, 0.2) is 0 Å². The summed E-state index contributed by atoms with van der Waals surface area (Å²) in [5.74, 6) is 5.49. The smallest absolute Gasteiger partial charge is 0.265 e. The molecular formula is C14H21N3O2. The molecular weight excluding hydrogens is 242 g/mol. The maximum Gasteiger partial charge on any atom is 0.265 e. The van der Waals surface area contributed by atoms with Crippen molar-refractivity contribution >= 4 is 5.91 Å². The third kappa shape index (κ3) is 3.68. The average Bonchev–Trinajstić information content (AvgIpc) is 2.36. The van der Waals surface area contributed by atoms with Crippen LogP contribution in [0.25, 0.3) is 0 Å². The van der Waals surface area contributed by atoms with E-state index in [9.17, 15) is 4.79 Å². The summed E-state index contributed by atoms with van der Waals surface area (Å²) in [5, 5.41) is 0. The number of nitrogens with zero attached hydrogens (tertiary/aromatic N) is 1. The van der Waals surface area contributed by atoms with E-state index in [4.69, 9.17) is 10.6 Å². The molecule has 2 rings (SSSR count). The molecule has 1 amide bonds. The standard InChI is InChI=1S/C14H21N3O2/c1-17(12-5-3-6-12)8-9-19-13-7-2-4-11(10-13)14(18)16-15/h2,4,7,10,12H,3,5-6,8-9,15H2,1H3,(H,16,18). The number of carbonyl (C=O) groups is 1. The number of nitrogens with two attached hydrogens (primary N) is 1. The van der Waals surface area contributed by atoms with Gasteiger partial charge in [-0.05, 0) is 38.1 Å². The van der Waals surface area contributed by atoms with Gasteiger partial charge in [0.1, 0.15) is 12.4 Å². The van der Waals surface area contributed by atoms with Gasteiger partial charge in [0, 0.05) is 18.2 Å². The summed E-state index contributed by atoms with van der Waals surface area (Å²) in [4.78, 5) is 13.7. The zero-order chi connectivity index (χ0) is 13.7. The maximum atomic E-state index is 11.4. The number of likely N-dealkylation sites (N-methyl/N-ethyl adjacent to an activating group) is 1. The molecule has 1 aromatic rings. The highest BCUT2D eigenvalue weighted by Crippen LogP contribution is 2.23. The van der Waals surface area contributed by atoms with Crippen LogP contribution in [-0.2, 0) is 0 Å². The van der Waals surface area contributed by atoms with Crippen LogP contribution < -0.4 is 16.0 Å². The SMILES string of the molecule is CN(CCOc1cccc(C(=O)NN)c1)C1CCC1. The fourth-order valence-corrected chi connectivity index (χ4v) is 2.13. The van der Waals surface area contributed by atoms with Crippen molar-refractivity contribution in [3.05, 3.63) is 29.8 Å². The fourth-order valence-electron chi connectivity index (χ4n) is 2.13. The predicted molar refractivity (Wildman–Crippen MR) is 73.9 cm³/mol. The number of rotatable bonds is 6. The lowest BCUT2D eigenvalue weighted by atomic mass is 9.92. The second kappa shape index (κ2) is 6.54. The number of hydrogen-bond acceptors (Lipinski definition) is 4. The van der Waals surface area contributed by atoms with Gasteiger partial charge in [-0.25, -0.2) is 5.84 Å². The van der Waals surface area contributed by atoms with Gasteiger partial charge in [-0.3, -0.25) is 10.2 Å². The Balaban J connectivity index is 1.80. The maximum absolute atomic E-state index is 11.4. The minimum Gasteiger partial charge on any atom is -0.492 e. The molecule has 19 heavy (non-hydrogen) atoms. The minimum absolute atomic E-state index is 0.308. The van der Waals surface area contributed by atoms with Gasteiger partial charge in [0.05, 0.1) is 0 Å². The van der Waals surface area contributed by atoms with Crippen molar-refractivity contribution < 1.29 is 9.53 Å². The van der Waals surface area contributed by atoms with E-state index < -0.39 is 0 Å². The number of hydrazine groups is 1. The molecule has 1 fully saturated rings. The van der Waals surface area contributed by atoms with Gasteiger partial charge in [-0.15, -0.1) is 0 Å². The van der Waals surface area contributed by atoms with Crippen LogP contribution in [0.1, 0.15) is 29.6 Å². The van der Waals surface area contributed by atoms with E-state index in [-0.39, 0.29) is 5.91 Å². The third-order valence-electron chi connectivity index (χ3n) is 3.64. The molecule has 0 atom stereocenters. The van der Waals surface area contributed by atoms with Gasteiger partial charge in [-0.2, -0.15) is 0 Å². The first-order chi connectivity index (χ1) is 9.20. The van der Waals surface area contributed by atoms with Crippen LogP contribution in [0.15, 0.2) is 24.3 Å². The van der Waals surface area contributed by atoms with Gasteiger partial charge in [0.25, 0.3) is 5.91 Å². The lowest BCUT2D eigenvalue weighted by molar-refractivity contribution is 0.0953. The molecule has 0 heterocycles.